The van der Waals surface area contributed by atoms with E-state index >= 15 is 0 Å². The molecule has 122 valence electrons. The summed E-state index contributed by atoms with van der Waals surface area (Å²) in [4.78, 5) is 0. The molecule has 0 amide bonds. The van der Waals surface area contributed by atoms with Crippen molar-refractivity contribution in [2.75, 3.05) is 14.2 Å². The number of para-hydroxylation sites is 2. The van der Waals surface area contributed by atoms with Gasteiger partial charge in [-0.25, -0.2) is 0 Å². The van der Waals surface area contributed by atoms with Gasteiger partial charge in [0.05, 0.1) is 0 Å². The average Bonchev–Trinajstić information content (AvgIpc) is 2.68. The molecule has 0 aliphatic carbocycles. The third-order valence-electron chi connectivity index (χ3n) is 3.97. The molecule has 0 radical (unpaired) electrons. The van der Waals surface area contributed by atoms with Gasteiger partial charge in [-0.05, 0) is 0 Å². The Hall–Kier alpha value is -1.79. The summed E-state index contributed by atoms with van der Waals surface area (Å²) in [6.45, 7) is 0. The SMILES string of the molecule is COc1ccccc1P(=[Se])(c1ccccc1)c1ccccc1OC. The van der Waals surface area contributed by atoms with Crippen LogP contribution in [0.1, 0.15) is 0 Å². The van der Waals surface area contributed by atoms with E-state index in [0.717, 1.165) is 11.5 Å². The quantitative estimate of drug-likeness (QED) is 0.483. The number of benzene rings is 3. The first-order valence-corrected chi connectivity index (χ1v) is 11.6. The van der Waals surface area contributed by atoms with E-state index in [1.54, 1.807) is 14.2 Å². The molecule has 0 aliphatic rings. The second-order valence-corrected chi connectivity index (χ2v) is 11.4. The van der Waals surface area contributed by atoms with Gasteiger partial charge in [-0.2, -0.15) is 0 Å². The van der Waals surface area contributed by atoms with Crippen LogP contribution in [0.4, 0.5) is 0 Å². The van der Waals surface area contributed by atoms with Crippen LogP contribution in [0.25, 0.3) is 0 Å². The van der Waals surface area contributed by atoms with Gasteiger partial charge in [0.1, 0.15) is 0 Å². The van der Waals surface area contributed by atoms with E-state index < -0.39 is 5.51 Å². The van der Waals surface area contributed by atoms with Crippen molar-refractivity contribution < 1.29 is 9.47 Å². The normalized spacial score (nSPS) is 11.1. The van der Waals surface area contributed by atoms with Gasteiger partial charge in [0, 0.05) is 0 Å². The first-order valence-electron chi connectivity index (χ1n) is 7.64. The molecule has 2 nitrogen and oxygen atoms in total. The van der Waals surface area contributed by atoms with Crippen LogP contribution >= 0.6 is 5.51 Å². The van der Waals surface area contributed by atoms with Crippen LogP contribution in [-0.4, -0.2) is 29.3 Å². The second kappa shape index (κ2) is 7.40. The van der Waals surface area contributed by atoms with Gasteiger partial charge in [-0.15, -0.1) is 0 Å². The molecule has 0 unspecified atom stereocenters. The Morgan fingerprint density at radius 3 is 1.50 bits per heavy atom. The van der Waals surface area contributed by atoms with Crippen LogP contribution in [0.15, 0.2) is 78.9 Å². The molecule has 0 spiro atoms. The van der Waals surface area contributed by atoms with E-state index in [9.17, 15) is 0 Å². The molecule has 0 bridgehead atoms. The number of ether oxygens (including phenoxy) is 2. The molecule has 0 atom stereocenters. The van der Waals surface area contributed by atoms with E-state index in [1.165, 1.54) is 15.9 Å². The summed E-state index contributed by atoms with van der Waals surface area (Å²) in [6, 6.07) is 27.0. The molecule has 3 aromatic carbocycles. The maximum absolute atomic E-state index is 5.67. The first-order chi connectivity index (χ1) is 11.7. The van der Waals surface area contributed by atoms with Crippen molar-refractivity contribution in [3.05, 3.63) is 78.9 Å². The molecule has 0 saturated heterocycles. The van der Waals surface area contributed by atoms with Crippen molar-refractivity contribution in [1.29, 1.82) is 0 Å². The summed E-state index contributed by atoms with van der Waals surface area (Å²) in [5, 5.41) is 3.59. The van der Waals surface area contributed by atoms with Gasteiger partial charge in [-0.1, -0.05) is 0 Å². The first kappa shape index (κ1) is 17.0. The molecule has 3 aromatic rings. The van der Waals surface area contributed by atoms with E-state index in [2.05, 4.69) is 63.6 Å². The van der Waals surface area contributed by atoms with E-state index in [-0.39, 0.29) is 0 Å². The van der Waals surface area contributed by atoms with Crippen LogP contribution in [0, 0.1) is 0 Å². The molecule has 3 rings (SSSR count). The standard InChI is InChI=1S/C20H19O2PSe/c1-21-17-12-6-8-14-19(17)23(24,16-10-4-3-5-11-16)20-15-9-7-13-18(20)22-2/h3-15H,1-2H3. The molecule has 0 aliphatic heterocycles. The monoisotopic (exact) mass is 402 g/mol. The number of hydrogen-bond acceptors (Lipinski definition) is 2. The van der Waals surface area contributed by atoms with Gasteiger partial charge >= 0.3 is 151 Å². The predicted octanol–water partition coefficient (Wildman–Crippen LogP) is 3.08. The van der Waals surface area contributed by atoms with Crippen molar-refractivity contribution in [3.8, 4) is 11.5 Å². The molecular weight excluding hydrogens is 382 g/mol. The van der Waals surface area contributed by atoms with Gasteiger partial charge in [0.25, 0.3) is 0 Å². The molecule has 0 fully saturated rings. The zero-order valence-electron chi connectivity index (χ0n) is 13.7. The molecule has 0 heterocycles. The Morgan fingerprint density at radius 2 is 1.04 bits per heavy atom. The molecule has 4 heteroatoms. The van der Waals surface area contributed by atoms with E-state index in [1.807, 2.05) is 30.3 Å². The summed E-state index contributed by atoms with van der Waals surface area (Å²) in [6.07, 6.45) is 0. The van der Waals surface area contributed by atoms with E-state index in [4.69, 9.17) is 9.47 Å². The molecule has 0 N–H and O–H groups in total. The molecule has 0 saturated carbocycles. The number of methoxy groups -OCH3 is 2. The number of rotatable bonds is 5. The summed E-state index contributed by atoms with van der Waals surface area (Å²) in [5.41, 5.74) is -2.01. The van der Waals surface area contributed by atoms with Crippen molar-refractivity contribution in [2.24, 2.45) is 0 Å². The van der Waals surface area contributed by atoms with Crippen LogP contribution in [0.3, 0.4) is 0 Å². The van der Waals surface area contributed by atoms with Crippen molar-refractivity contribution in [3.63, 3.8) is 0 Å². The zero-order chi connectivity index (χ0) is 17.0. The third-order valence-corrected chi connectivity index (χ3v) is 10.9. The Balaban J connectivity index is 2.37. The van der Waals surface area contributed by atoms with Gasteiger partial charge in [0.2, 0.25) is 0 Å². The molecule has 24 heavy (non-hydrogen) atoms. The minimum absolute atomic E-state index is 0.888. The van der Waals surface area contributed by atoms with E-state index in [0.29, 0.717) is 0 Å². The minimum atomic E-state index is -2.01. The Kier molecular flexibility index (Phi) is 5.26. The van der Waals surface area contributed by atoms with Crippen LogP contribution < -0.4 is 25.4 Å². The maximum atomic E-state index is 5.67. The fraction of sp³-hybridized carbons (Fsp3) is 0.100. The molecular formula is C20H19O2PSe. The van der Waals surface area contributed by atoms with Crippen molar-refractivity contribution in [2.45, 2.75) is 0 Å². The Labute approximate surface area is 150 Å². The third kappa shape index (κ3) is 2.96. The van der Waals surface area contributed by atoms with Gasteiger partial charge in [-0.3, -0.25) is 0 Å². The van der Waals surface area contributed by atoms with Crippen molar-refractivity contribution >= 4 is 36.5 Å². The zero-order valence-corrected chi connectivity index (χ0v) is 16.3. The summed E-state index contributed by atoms with van der Waals surface area (Å²) in [5.74, 6) is 1.78. The van der Waals surface area contributed by atoms with Crippen LogP contribution in [-0.2, 0) is 0 Å². The fourth-order valence-corrected chi connectivity index (χ4v) is 8.44. The van der Waals surface area contributed by atoms with Crippen molar-refractivity contribution in [1.82, 2.24) is 0 Å². The fourth-order valence-electron chi connectivity index (χ4n) is 2.83. The number of hydrogen-bond donors (Lipinski definition) is 0. The van der Waals surface area contributed by atoms with Crippen LogP contribution in [0.2, 0.25) is 0 Å². The van der Waals surface area contributed by atoms with Gasteiger partial charge in [0.15, 0.2) is 0 Å². The Bertz CT molecular complexity index is 826. The second-order valence-electron chi connectivity index (χ2n) is 5.29. The molecule has 0 aromatic heterocycles. The topological polar surface area (TPSA) is 18.5 Å². The van der Waals surface area contributed by atoms with Crippen LogP contribution in [0.5, 0.6) is 11.5 Å². The summed E-state index contributed by atoms with van der Waals surface area (Å²) in [7, 11) is 3.44. The van der Waals surface area contributed by atoms with Gasteiger partial charge < -0.3 is 0 Å². The summed E-state index contributed by atoms with van der Waals surface area (Å²) < 4.78 is 11.3. The average molecular weight is 401 g/mol. The predicted molar refractivity (Wildman–Crippen MR) is 104 cm³/mol. The summed E-state index contributed by atoms with van der Waals surface area (Å²) >= 11 is 3.54. The Morgan fingerprint density at radius 1 is 0.625 bits per heavy atom.